The molecule has 5 nitrogen and oxygen atoms in total. The molecule has 0 N–H and O–H groups in total. The van der Waals surface area contributed by atoms with E-state index in [0.717, 1.165) is 12.2 Å². The van der Waals surface area contributed by atoms with Crippen molar-refractivity contribution >= 4 is 5.91 Å². The molecule has 0 unspecified atom stereocenters. The lowest BCUT2D eigenvalue weighted by Crippen LogP contribution is -2.46. The van der Waals surface area contributed by atoms with Gasteiger partial charge >= 0.3 is 0 Å². The number of aromatic nitrogens is 1. The van der Waals surface area contributed by atoms with Crippen LogP contribution >= 0.6 is 0 Å². The largest absolute Gasteiger partial charge is 0.497 e. The van der Waals surface area contributed by atoms with Gasteiger partial charge < -0.3 is 14.4 Å². The Bertz CT molecular complexity index is 643. The molecule has 3 rings (SSSR count). The van der Waals surface area contributed by atoms with Gasteiger partial charge in [0.1, 0.15) is 11.4 Å². The molecule has 2 aromatic rings. The second kappa shape index (κ2) is 7.24. The normalized spacial score (nSPS) is 17.8. The van der Waals surface area contributed by atoms with Gasteiger partial charge in [-0.25, -0.2) is 0 Å². The number of morpholine rings is 1. The number of ether oxygens (including phenoxy) is 2. The molecule has 1 aliphatic rings. The van der Waals surface area contributed by atoms with Gasteiger partial charge in [-0.3, -0.25) is 9.78 Å². The summed E-state index contributed by atoms with van der Waals surface area (Å²) in [6, 6.07) is 13.3. The van der Waals surface area contributed by atoms with Gasteiger partial charge in [-0.05, 0) is 29.8 Å². The van der Waals surface area contributed by atoms with E-state index in [4.69, 9.17) is 9.47 Å². The molecule has 0 aliphatic carbocycles. The van der Waals surface area contributed by atoms with Crippen molar-refractivity contribution in [2.75, 3.05) is 26.8 Å². The van der Waals surface area contributed by atoms with E-state index < -0.39 is 0 Å². The van der Waals surface area contributed by atoms with Crippen LogP contribution in [0.25, 0.3) is 0 Å². The highest BCUT2D eigenvalue weighted by Gasteiger charge is 2.25. The molecule has 2 heterocycles. The highest BCUT2D eigenvalue weighted by atomic mass is 16.5. The average molecular weight is 312 g/mol. The fourth-order valence-corrected chi connectivity index (χ4v) is 2.70. The first-order valence-electron chi connectivity index (χ1n) is 7.71. The molecule has 0 bridgehead atoms. The van der Waals surface area contributed by atoms with Gasteiger partial charge in [-0.2, -0.15) is 0 Å². The summed E-state index contributed by atoms with van der Waals surface area (Å²) in [6.45, 7) is 1.75. The van der Waals surface area contributed by atoms with Crippen molar-refractivity contribution in [2.45, 2.75) is 12.5 Å². The first-order valence-corrected chi connectivity index (χ1v) is 7.71. The van der Waals surface area contributed by atoms with Gasteiger partial charge in [0, 0.05) is 25.7 Å². The number of benzene rings is 1. The Kier molecular flexibility index (Phi) is 4.88. The summed E-state index contributed by atoms with van der Waals surface area (Å²) in [6.07, 6.45) is 2.42. The zero-order valence-electron chi connectivity index (χ0n) is 13.1. The summed E-state index contributed by atoms with van der Waals surface area (Å²) < 4.78 is 11.0. The standard InChI is InChI=1S/C18H20N2O3/c1-22-15-7-5-14(6-8-15)12-16-13-20(10-11-23-16)18(21)17-4-2-3-9-19-17/h2-9,16H,10-13H2,1H3/t16-/m1/s1. The molecular weight excluding hydrogens is 292 g/mol. The van der Waals surface area contributed by atoms with E-state index in [1.807, 2.05) is 41.3 Å². The van der Waals surface area contributed by atoms with Crippen LogP contribution in [0.3, 0.4) is 0 Å². The first kappa shape index (κ1) is 15.5. The number of hydrogen-bond donors (Lipinski definition) is 0. The minimum atomic E-state index is -0.0337. The zero-order valence-corrected chi connectivity index (χ0v) is 13.1. The Morgan fingerprint density at radius 1 is 1.30 bits per heavy atom. The average Bonchev–Trinajstić information content (AvgIpc) is 2.63. The molecule has 1 aromatic carbocycles. The lowest BCUT2D eigenvalue weighted by atomic mass is 10.1. The van der Waals surface area contributed by atoms with Crippen molar-refractivity contribution in [3.05, 3.63) is 59.9 Å². The first-order chi connectivity index (χ1) is 11.3. The molecule has 1 saturated heterocycles. The smallest absolute Gasteiger partial charge is 0.272 e. The van der Waals surface area contributed by atoms with E-state index >= 15 is 0 Å². The van der Waals surface area contributed by atoms with E-state index in [0.29, 0.717) is 25.4 Å². The molecule has 0 saturated carbocycles. The molecule has 1 aliphatic heterocycles. The second-order valence-corrected chi connectivity index (χ2v) is 5.51. The van der Waals surface area contributed by atoms with Crippen LogP contribution in [0.4, 0.5) is 0 Å². The van der Waals surface area contributed by atoms with Crippen molar-refractivity contribution in [1.29, 1.82) is 0 Å². The molecular formula is C18H20N2O3. The number of methoxy groups -OCH3 is 1. The van der Waals surface area contributed by atoms with E-state index in [-0.39, 0.29) is 12.0 Å². The maximum Gasteiger partial charge on any atom is 0.272 e. The summed E-state index contributed by atoms with van der Waals surface area (Å²) >= 11 is 0. The summed E-state index contributed by atoms with van der Waals surface area (Å²) in [4.78, 5) is 18.4. The molecule has 1 aromatic heterocycles. The van der Waals surface area contributed by atoms with Crippen molar-refractivity contribution < 1.29 is 14.3 Å². The Balaban J connectivity index is 1.62. The fraction of sp³-hybridized carbons (Fsp3) is 0.333. The van der Waals surface area contributed by atoms with Crippen LogP contribution in [0.5, 0.6) is 5.75 Å². The van der Waals surface area contributed by atoms with Gasteiger partial charge in [-0.1, -0.05) is 18.2 Å². The Labute approximate surface area is 135 Å². The highest BCUT2D eigenvalue weighted by Crippen LogP contribution is 2.16. The van der Waals surface area contributed by atoms with Gasteiger partial charge in [0.2, 0.25) is 0 Å². The topological polar surface area (TPSA) is 51.7 Å². The highest BCUT2D eigenvalue weighted by molar-refractivity contribution is 5.92. The van der Waals surface area contributed by atoms with E-state index in [2.05, 4.69) is 4.98 Å². The SMILES string of the molecule is COc1ccc(C[C@@H]2CN(C(=O)c3ccccn3)CCO2)cc1. The minimum absolute atomic E-state index is 0.00445. The number of amides is 1. The number of nitrogens with zero attached hydrogens (tertiary/aromatic N) is 2. The number of hydrogen-bond acceptors (Lipinski definition) is 4. The molecule has 23 heavy (non-hydrogen) atoms. The Hall–Kier alpha value is -2.40. The van der Waals surface area contributed by atoms with Crippen LogP contribution in [0.15, 0.2) is 48.7 Å². The lowest BCUT2D eigenvalue weighted by Gasteiger charge is -2.33. The number of carbonyl (C=O) groups is 1. The Morgan fingerprint density at radius 2 is 2.13 bits per heavy atom. The van der Waals surface area contributed by atoms with Gasteiger partial charge in [-0.15, -0.1) is 0 Å². The second-order valence-electron chi connectivity index (χ2n) is 5.51. The van der Waals surface area contributed by atoms with Crippen molar-refractivity contribution in [2.24, 2.45) is 0 Å². The number of rotatable bonds is 4. The molecule has 0 spiro atoms. The van der Waals surface area contributed by atoms with Crippen LogP contribution in [-0.4, -0.2) is 48.7 Å². The number of carbonyl (C=O) groups excluding carboxylic acids is 1. The maximum absolute atomic E-state index is 12.5. The van der Waals surface area contributed by atoms with Crippen molar-refractivity contribution in [3.63, 3.8) is 0 Å². The third-order valence-electron chi connectivity index (χ3n) is 3.93. The zero-order chi connectivity index (χ0) is 16.1. The van der Waals surface area contributed by atoms with Gasteiger partial charge in [0.25, 0.3) is 5.91 Å². The molecule has 1 amide bonds. The predicted octanol–water partition coefficient (Wildman–Crippen LogP) is 2.17. The summed E-state index contributed by atoms with van der Waals surface area (Å²) in [5.74, 6) is 0.805. The van der Waals surface area contributed by atoms with Gasteiger partial charge in [0.05, 0.1) is 19.8 Å². The van der Waals surface area contributed by atoms with Crippen molar-refractivity contribution in [3.8, 4) is 5.75 Å². The summed E-state index contributed by atoms with van der Waals surface area (Å²) in [5, 5.41) is 0. The van der Waals surface area contributed by atoms with Crippen LogP contribution in [0.2, 0.25) is 0 Å². The molecule has 1 fully saturated rings. The number of pyridine rings is 1. The quantitative estimate of drug-likeness (QED) is 0.868. The summed E-state index contributed by atoms with van der Waals surface area (Å²) in [7, 11) is 1.65. The van der Waals surface area contributed by atoms with E-state index in [9.17, 15) is 4.79 Å². The monoisotopic (exact) mass is 312 g/mol. The van der Waals surface area contributed by atoms with Crippen LogP contribution in [0.1, 0.15) is 16.1 Å². The lowest BCUT2D eigenvalue weighted by molar-refractivity contribution is -0.0210. The molecule has 5 heteroatoms. The molecule has 1 atom stereocenters. The van der Waals surface area contributed by atoms with Crippen LogP contribution < -0.4 is 4.74 Å². The maximum atomic E-state index is 12.5. The predicted molar refractivity (Wildman–Crippen MR) is 86.6 cm³/mol. The fourth-order valence-electron chi connectivity index (χ4n) is 2.70. The Morgan fingerprint density at radius 3 is 2.83 bits per heavy atom. The third-order valence-corrected chi connectivity index (χ3v) is 3.93. The third kappa shape index (κ3) is 3.87. The van der Waals surface area contributed by atoms with Crippen LogP contribution in [0, 0.1) is 0 Å². The van der Waals surface area contributed by atoms with Gasteiger partial charge in [0.15, 0.2) is 0 Å². The van der Waals surface area contributed by atoms with E-state index in [1.165, 1.54) is 5.56 Å². The minimum Gasteiger partial charge on any atom is -0.497 e. The molecule has 120 valence electrons. The van der Waals surface area contributed by atoms with Crippen molar-refractivity contribution in [1.82, 2.24) is 9.88 Å². The molecule has 0 radical (unpaired) electrons. The van der Waals surface area contributed by atoms with Crippen LogP contribution in [-0.2, 0) is 11.2 Å². The van der Waals surface area contributed by atoms with E-state index in [1.54, 1.807) is 19.4 Å². The summed E-state index contributed by atoms with van der Waals surface area (Å²) in [5.41, 5.74) is 1.65.